The number of ether oxygens (including phenoxy) is 1. The van der Waals surface area contributed by atoms with Crippen LogP contribution in [0.15, 0.2) is 23.3 Å². The normalized spacial score (nSPS) is 45.4. The average Bonchev–Trinajstić information content (AvgIpc) is 3.22. The molecule has 30 heavy (non-hydrogen) atoms. The number of fused-ring (bicyclic) bond motifs is 6. The van der Waals surface area contributed by atoms with Crippen LogP contribution in [0.4, 0.5) is 0 Å². The average molecular weight is 433 g/mol. The van der Waals surface area contributed by atoms with Crippen molar-refractivity contribution in [2.45, 2.75) is 83.0 Å². The van der Waals surface area contributed by atoms with Crippen LogP contribution in [-0.4, -0.2) is 36.8 Å². The lowest BCUT2D eigenvalue weighted by Gasteiger charge is -2.55. The molecule has 0 amide bonds. The number of sulfone groups is 1. The monoisotopic (exact) mass is 432 g/mol. The fourth-order valence-electron chi connectivity index (χ4n) is 7.56. The summed E-state index contributed by atoms with van der Waals surface area (Å²) in [7, 11) is -3.33. The van der Waals surface area contributed by atoms with E-state index >= 15 is 0 Å². The van der Waals surface area contributed by atoms with Crippen LogP contribution in [0.5, 0.6) is 0 Å². The van der Waals surface area contributed by atoms with Gasteiger partial charge in [-0.1, -0.05) is 44.1 Å². The predicted octanol–water partition coefficient (Wildman–Crippen LogP) is 3.93. The van der Waals surface area contributed by atoms with Crippen molar-refractivity contribution in [3.63, 3.8) is 0 Å². The summed E-state index contributed by atoms with van der Waals surface area (Å²) < 4.78 is 32.5. The van der Waals surface area contributed by atoms with Crippen LogP contribution in [0, 0.1) is 22.7 Å². The topological polar surface area (TPSA) is 77.5 Å². The van der Waals surface area contributed by atoms with Crippen molar-refractivity contribution in [3.05, 3.63) is 23.3 Å². The van der Waals surface area contributed by atoms with Crippen molar-refractivity contribution in [1.82, 2.24) is 0 Å². The largest absolute Gasteiger partial charge is 0.458 e. The first-order valence-corrected chi connectivity index (χ1v) is 13.1. The molecular weight excluding hydrogens is 400 g/mol. The minimum atomic E-state index is -3.33. The highest BCUT2D eigenvalue weighted by atomic mass is 32.2. The Bertz CT molecular complexity index is 991. The Morgan fingerprint density at radius 1 is 1.13 bits per heavy atom. The number of esters is 1. The lowest BCUT2D eigenvalue weighted by atomic mass is 9.51. The van der Waals surface area contributed by atoms with Gasteiger partial charge >= 0.3 is 5.97 Å². The van der Waals surface area contributed by atoms with Crippen LogP contribution in [0.2, 0.25) is 0 Å². The summed E-state index contributed by atoms with van der Waals surface area (Å²) in [6.07, 6.45) is 9.66. The molecule has 2 saturated carbocycles. The molecular formula is C24H32O5S. The van der Waals surface area contributed by atoms with E-state index in [9.17, 15) is 18.0 Å². The fourth-order valence-corrected chi connectivity index (χ4v) is 9.10. The summed E-state index contributed by atoms with van der Waals surface area (Å²) in [4.78, 5) is 24.3. The number of Topliss-reactive ketones (excluding diaryl/α,β-unsaturated/α-hetero) is 1. The molecule has 1 aliphatic heterocycles. The minimum Gasteiger partial charge on any atom is -0.458 e. The van der Waals surface area contributed by atoms with Crippen LogP contribution in [0.25, 0.3) is 0 Å². The zero-order chi connectivity index (χ0) is 21.5. The second-order valence-corrected chi connectivity index (χ2v) is 13.0. The summed E-state index contributed by atoms with van der Waals surface area (Å²) in [6, 6.07) is 0. The molecule has 6 atom stereocenters. The summed E-state index contributed by atoms with van der Waals surface area (Å²) in [5, 5.41) is -0.584. The number of rotatable bonds is 2. The predicted molar refractivity (Wildman–Crippen MR) is 113 cm³/mol. The number of carbonyl (C=O) groups excluding carboxylic acids is 2. The molecule has 164 valence electrons. The highest BCUT2D eigenvalue weighted by Crippen LogP contribution is 2.68. The van der Waals surface area contributed by atoms with Gasteiger partial charge in [-0.25, -0.2) is 8.42 Å². The van der Waals surface area contributed by atoms with Crippen LogP contribution >= 0.6 is 0 Å². The second kappa shape index (κ2) is 6.30. The van der Waals surface area contributed by atoms with E-state index in [-0.39, 0.29) is 40.2 Å². The van der Waals surface area contributed by atoms with Crippen molar-refractivity contribution in [2.75, 3.05) is 5.75 Å². The molecule has 1 spiro atoms. The van der Waals surface area contributed by atoms with Crippen molar-refractivity contribution in [3.8, 4) is 0 Å². The fraction of sp³-hybridized carbons (Fsp3) is 0.750. The molecule has 3 fully saturated rings. The number of ketones is 1. The van der Waals surface area contributed by atoms with Gasteiger partial charge < -0.3 is 4.74 Å². The summed E-state index contributed by atoms with van der Waals surface area (Å²) >= 11 is 0. The minimum absolute atomic E-state index is 0.0886. The van der Waals surface area contributed by atoms with E-state index in [2.05, 4.69) is 19.9 Å². The quantitative estimate of drug-likeness (QED) is 0.488. The maximum atomic E-state index is 13.3. The van der Waals surface area contributed by atoms with E-state index < -0.39 is 20.7 Å². The molecule has 1 heterocycles. The molecule has 5 nitrogen and oxygen atoms in total. The van der Waals surface area contributed by atoms with Gasteiger partial charge in [0.15, 0.2) is 9.84 Å². The third kappa shape index (κ3) is 2.49. The van der Waals surface area contributed by atoms with E-state index in [1.54, 1.807) is 6.92 Å². The van der Waals surface area contributed by atoms with E-state index in [0.717, 1.165) is 37.7 Å². The Kier molecular flexibility index (Phi) is 4.30. The van der Waals surface area contributed by atoms with E-state index in [1.165, 1.54) is 5.57 Å². The van der Waals surface area contributed by atoms with Crippen LogP contribution in [0.1, 0.15) is 72.1 Å². The molecule has 5 rings (SSSR count). The maximum Gasteiger partial charge on any atom is 0.306 e. The molecule has 4 aliphatic carbocycles. The number of carbonyl (C=O) groups is 2. The van der Waals surface area contributed by atoms with E-state index in [1.807, 2.05) is 6.08 Å². The van der Waals surface area contributed by atoms with Gasteiger partial charge in [0.25, 0.3) is 0 Å². The SMILES string of the molecule is CCS(=O)(=O)[C@@H]1C=C2CC(=O)CC[C@]2(C)C2=CC[C@@]3(C)C(CC[C@@]34CCC(=O)O4)C21. The summed E-state index contributed by atoms with van der Waals surface area (Å²) in [5.41, 5.74) is 1.33. The molecule has 5 aliphatic rings. The molecule has 0 radical (unpaired) electrons. The Labute approximate surface area is 179 Å². The third-order valence-electron chi connectivity index (χ3n) is 9.47. The first-order chi connectivity index (χ1) is 14.1. The van der Waals surface area contributed by atoms with Gasteiger partial charge in [0.2, 0.25) is 0 Å². The van der Waals surface area contributed by atoms with Gasteiger partial charge in [-0.2, -0.15) is 0 Å². The molecule has 0 aromatic rings. The third-order valence-corrected chi connectivity index (χ3v) is 11.5. The Morgan fingerprint density at radius 2 is 1.90 bits per heavy atom. The number of hydrogen-bond donors (Lipinski definition) is 0. The smallest absolute Gasteiger partial charge is 0.306 e. The Hall–Kier alpha value is -1.43. The maximum absolute atomic E-state index is 13.3. The first kappa shape index (κ1) is 20.5. The van der Waals surface area contributed by atoms with Gasteiger partial charge in [0.05, 0.1) is 5.25 Å². The lowest BCUT2D eigenvalue weighted by Crippen LogP contribution is -2.54. The Balaban J connectivity index is 1.67. The van der Waals surface area contributed by atoms with Gasteiger partial charge in [0, 0.05) is 41.8 Å². The van der Waals surface area contributed by atoms with Crippen LogP contribution < -0.4 is 0 Å². The molecule has 0 bridgehead atoms. The number of hydrogen-bond acceptors (Lipinski definition) is 5. The van der Waals surface area contributed by atoms with Crippen LogP contribution in [0.3, 0.4) is 0 Å². The van der Waals surface area contributed by atoms with Gasteiger partial charge in [-0.05, 0) is 38.0 Å². The van der Waals surface area contributed by atoms with Crippen molar-refractivity contribution in [2.24, 2.45) is 22.7 Å². The lowest BCUT2D eigenvalue weighted by molar-refractivity contribution is -0.160. The molecule has 2 unspecified atom stereocenters. The molecule has 1 saturated heterocycles. The van der Waals surface area contributed by atoms with Gasteiger partial charge in [-0.15, -0.1) is 0 Å². The molecule has 0 aromatic heterocycles. The van der Waals surface area contributed by atoms with E-state index in [0.29, 0.717) is 19.3 Å². The highest BCUT2D eigenvalue weighted by Gasteiger charge is 2.67. The molecule has 0 aromatic carbocycles. The first-order valence-electron chi connectivity index (χ1n) is 11.4. The molecule has 0 N–H and O–H groups in total. The summed E-state index contributed by atoms with van der Waals surface area (Å²) in [6.45, 7) is 6.15. The second-order valence-electron chi connectivity index (χ2n) is 10.6. The Morgan fingerprint density at radius 3 is 2.57 bits per heavy atom. The summed E-state index contributed by atoms with van der Waals surface area (Å²) in [5.74, 6) is 0.271. The van der Waals surface area contributed by atoms with E-state index in [4.69, 9.17) is 4.74 Å². The zero-order valence-electron chi connectivity index (χ0n) is 18.2. The van der Waals surface area contributed by atoms with Crippen molar-refractivity contribution < 1.29 is 22.7 Å². The van der Waals surface area contributed by atoms with Crippen molar-refractivity contribution in [1.29, 1.82) is 0 Å². The number of allylic oxidation sites excluding steroid dienone is 3. The van der Waals surface area contributed by atoms with Gasteiger partial charge in [0.1, 0.15) is 11.4 Å². The van der Waals surface area contributed by atoms with Crippen molar-refractivity contribution >= 4 is 21.6 Å². The van der Waals surface area contributed by atoms with Gasteiger partial charge in [-0.3, -0.25) is 9.59 Å². The zero-order valence-corrected chi connectivity index (χ0v) is 19.0. The van der Waals surface area contributed by atoms with Crippen LogP contribution in [-0.2, 0) is 24.2 Å². The highest BCUT2D eigenvalue weighted by molar-refractivity contribution is 7.92. The standard InChI is InChI=1S/C24H32O5S/c1-4-30(27,28)19-14-15-13-16(25)5-9-22(15,2)17-6-10-23(3)18(21(17)19)7-11-24(23)12-8-20(26)29-24/h6,14,18-19,21H,4-5,7-13H2,1-3H3/t18?,19-,21?,22+,23+,24-/m1/s1. The molecule has 6 heteroatoms.